The number of carbonyl (C=O) groups is 1. The second kappa shape index (κ2) is 7.11. The topological polar surface area (TPSA) is 70.6 Å². The van der Waals surface area contributed by atoms with Crippen LogP contribution in [0, 0.1) is 0 Å². The number of methoxy groups -OCH3 is 1. The van der Waals surface area contributed by atoms with Gasteiger partial charge < -0.3 is 20.5 Å². The van der Waals surface area contributed by atoms with Crippen molar-refractivity contribution in [2.45, 2.75) is 32.9 Å². The number of benzene rings is 1. The van der Waals surface area contributed by atoms with Crippen molar-refractivity contribution in [3.63, 3.8) is 0 Å². The number of anilines is 1. The van der Waals surface area contributed by atoms with E-state index in [1.54, 1.807) is 7.11 Å². The van der Waals surface area contributed by atoms with Gasteiger partial charge >= 0.3 is 0 Å². The molecule has 3 N–H and O–H groups in total. The highest BCUT2D eigenvalue weighted by Gasteiger charge is 2.12. The Morgan fingerprint density at radius 1 is 1.42 bits per heavy atom. The highest BCUT2D eigenvalue weighted by molar-refractivity contribution is 5.90. The minimum absolute atomic E-state index is 0.0151. The lowest BCUT2D eigenvalue weighted by atomic mass is 10.1. The maximum atomic E-state index is 11.2. The Labute approximate surface area is 114 Å². The molecule has 1 aromatic rings. The van der Waals surface area contributed by atoms with Gasteiger partial charge in [-0.2, -0.15) is 0 Å². The summed E-state index contributed by atoms with van der Waals surface area (Å²) >= 11 is 0. The van der Waals surface area contributed by atoms with Crippen molar-refractivity contribution < 1.29 is 14.6 Å². The van der Waals surface area contributed by atoms with Crippen LogP contribution in [-0.2, 0) is 4.79 Å². The van der Waals surface area contributed by atoms with Gasteiger partial charge in [0.2, 0.25) is 5.91 Å². The molecule has 0 aliphatic carbocycles. The predicted octanol–water partition coefficient (Wildman–Crippen LogP) is 1.68. The van der Waals surface area contributed by atoms with Crippen molar-refractivity contribution in [2.24, 2.45) is 0 Å². The Morgan fingerprint density at radius 3 is 2.63 bits per heavy atom. The summed E-state index contributed by atoms with van der Waals surface area (Å²) in [5.74, 6) is 0.487. The van der Waals surface area contributed by atoms with Gasteiger partial charge in [0, 0.05) is 19.0 Å². The van der Waals surface area contributed by atoms with E-state index in [1.807, 2.05) is 32.0 Å². The first kappa shape index (κ1) is 15.5. The summed E-state index contributed by atoms with van der Waals surface area (Å²) in [6, 6.07) is 5.72. The number of carbonyl (C=O) groups excluding carboxylic acids is 1. The molecule has 0 bridgehead atoms. The molecule has 0 aromatic heterocycles. The van der Waals surface area contributed by atoms with E-state index < -0.39 is 0 Å². The van der Waals surface area contributed by atoms with E-state index in [2.05, 4.69) is 10.6 Å². The van der Waals surface area contributed by atoms with E-state index in [-0.39, 0.29) is 24.6 Å². The van der Waals surface area contributed by atoms with Crippen LogP contribution in [0.3, 0.4) is 0 Å². The fraction of sp³-hybridized carbons (Fsp3) is 0.500. The molecule has 1 amide bonds. The van der Waals surface area contributed by atoms with Crippen LogP contribution >= 0.6 is 0 Å². The third-order valence-electron chi connectivity index (χ3n) is 2.84. The maximum Gasteiger partial charge on any atom is 0.221 e. The van der Waals surface area contributed by atoms with Crippen molar-refractivity contribution in [3.05, 3.63) is 23.8 Å². The average molecular weight is 266 g/mol. The maximum absolute atomic E-state index is 11.2. The van der Waals surface area contributed by atoms with Crippen LogP contribution in [0.4, 0.5) is 5.69 Å². The van der Waals surface area contributed by atoms with E-state index in [9.17, 15) is 4.79 Å². The second-order valence-corrected chi connectivity index (χ2v) is 4.61. The van der Waals surface area contributed by atoms with E-state index in [1.165, 1.54) is 6.92 Å². The number of rotatable bonds is 6. The fourth-order valence-electron chi connectivity index (χ4n) is 1.86. The smallest absolute Gasteiger partial charge is 0.221 e. The van der Waals surface area contributed by atoms with E-state index >= 15 is 0 Å². The van der Waals surface area contributed by atoms with Crippen molar-refractivity contribution in [1.82, 2.24) is 5.32 Å². The number of amides is 1. The Kier molecular flexibility index (Phi) is 5.79. The lowest BCUT2D eigenvalue weighted by Gasteiger charge is -2.20. The van der Waals surface area contributed by atoms with Crippen LogP contribution in [0.5, 0.6) is 5.75 Å². The van der Waals surface area contributed by atoms with Gasteiger partial charge in [-0.15, -0.1) is 0 Å². The third kappa shape index (κ3) is 4.54. The number of hydrogen-bond donors (Lipinski definition) is 3. The summed E-state index contributed by atoms with van der Waals surface area (Å²) in [6.07, 6.45) is 0. The van der Waals surface area contributed by atoms with Crippen LogP contribution in [0.1, 0.15) is 32.4 Å². The van der Waals surface area contributed by atoms with Crippen molar-refractivity contribution in [3.8, 4) is 5.75 Å². The molecular weight excluding hydrogens is 244 g/mol. The molecule has 0 saturated heterocycles. The van der Waals surface area contributed by atoms with Crippen LogP contribution in [0.15, 0.2) is 18.2 Å². The first-order valence-electron chi connectivity index (χ1n) is 6.30. The van der Waals surface area contributed by atoms with Crippen LogP contribution in [0.2, 0.25) is 0 Å². The molecule has 0 radical (unpaired) electrons. The zero-order valence-electron chi connectivity index (χ0n) is 11.9. The van der Waals surface area contributed by atoms with Crippen LogP contribution in [-0.4, -0.2) is 30.8 Å². The summed E-state index contributed by atoms with van der Waals surface area (Å²) < 4.78 is 5.21. The van der Waals surface area contributed by atoms with Crippen LogP contribution in [0.25, 0.3) is 0 Å². The molecule has 1 rings (SSSR count). The lowest BCUT2D eigenvalue weighted by molar-refractivity contribution is -0.114. The largest absolute Gasteiger partial charge is 0.495 e. The molecule has 0 aliphatic heterocycles. The zero-order valence-corrected chi connectivity index (χ0v) is 11.9. The molecule has 5 nitrogen and oxygen atoms in total. The van der Waals surface area contributed by atoms with Crippen LogP contribution < -0.4 is 15.4 Å². The number of aliphatic hydroxyl groups excluding tert-OH is 1. The van der Waals surface area contributed by atoms with Gasteiger partial charge in [-0.05, 0) is 31.5 Å². The summed E-state index contributed by atoms with van der Waals surface area (Å²) in [4.78, 5) is 11.2. The molecule has 0 saturated carbocycles. The Morgan fingerprint density at radius 2 is 2.11 bits per heavy atom. The highest BCUT2D eigenvalue weighted by Crippen LogP contribution is 2.28. The molecular formula is C14H22N2O3. The summed E-state index contributed by atoms with van der Waals surface area (Å²) in [5, 5.41) is 15.1. The standard InChI is InChI=1S/C14H22N2O3/c1-9(8-17)15-10(2)12-5-6-14(19-4)13(7-12)16-11(3)18/h5-7,9-10,15,17H,8H2,1-4H3,(H,16,18)/t9-,10?/m1/s1. The Balaban J connectivity index is 2.93. The third-order valence-corrected chi connectivity index (χ3v) is 2.84. The van der Waals surface area contributed by atoms with Gasteiger partial charge in [-0.25, -0.2) is 0 Å². The van der Waals surface area contributed by atoms with Gasteiger partial charge in [-0.1, -0.05) is 6.07 Å². The summed E-state index contributed by atoms with van der Waals surface area (Å²) in [7, 11) is 1.57. The molecule has 1 aromatic carbocycles. The number of ether oxygens (including phenoxy) is 1. The van der Waals surface area contributed by atoms with E-state index in [0.29, 0.717) is 11.4 Å². The number of aliphatic hydroxyl groups is 1. The minimum atomic E-state index is -0.139. The highest BCUT2D eigenvalue weighted by atomic mass is 16.5. The van der Waals surface area contributed by atoms with E-state index in [0.717, 1.165) is 5.56 Å². The molecule has 5 heteroatoms. The molecule has 19 heavy (non-hydrogen) atoms. The summed E-state index contributed by atoms with van der Waals surface area (Å²) in [6.45, 7) is 5.46. The normalized spacial score (nSPS) is 13.7. The molecule has 0 fully saturated rings. The molecule has 0 spiro atoms. The first-order chi connectivity index (χ1) is 8.97. The molecule has 0 aliphatic rings. The first-order valence-corrected chi connectivity index (χ1v) is 6.30. The van der Waals surface area contributed by atoms with Crippen molar-refractivity contribution >= 4 is 11.6 Å². The molecule has 2 atom stereocenters. The molecule has 1 unspecified atom stereocenters. The number of hydrogen-bond acceptors (Lipinski definition) is 4. The van der Waals surface area contributed by atoms with Gasteiger partial charge in [-0.3, -0.25) is 4.79 Å². The fourth-order valence-corrected chi connectivity index (χ4v) is 1.86. The van der Waals surface area contributed by atoms with Gasteiger partial charge in [0.1, 0.15) is 5.75 Å². The SMILES string of the molecule is COc1ccc(C(C)N[C@H](C)CO)cc1NC(C)=O. The zero-order chi connectivity index (χ0) is 14.4. The van der Waals surface area contributed by atoms with Gasteiger partial charge in [0.15, 0.2) is 0 Å². The minimum Gasteiger partial charge on any atom is -0.495 e. The monoisotopic (exact) mass is 266 g/mol. The van der Waals surface area contributed by atoms with Gasteiger partial charge in [0.05, 0.1) is 19.4 Å². The second-order valence-electron chi connectivity index (χ2n) is 4.61. The van der Waals surface area contributed by atoms with Crippen molar-refractivity contribution in [1.29, 1.82) is 0 Å². The van der Waals surface area contributed by atoms with Crippen molar-refractivity contribution in [2.75, 3.05) is 19.0 Å². The lowest BCUT2D eigenvalue weighted by Crippen LogP contribution is -2.31. The average Bonchev–Trinajstić information content (AvgIpc) is 2.37. The number of nitrogens with one attached hydrogen (secondary N) is 2. The summed E-state index contributed by atoms with van der Waals surface area (Å²) in [5.41, 5.74) is 1.67. The van der Waals surface area contributed by atoms with E-state index in [4.69, 9.17) is 9.84 Å². The Bertz CT molecular complexity index is 435. The predicted molar refractivity (Wildman–Crippen MR) is 75.4 cm³/mol. The molecule has 0 heterocycles. The Hall–Kier alpha value is -1.59. The molecule has 106 valence electrons. The quantitative estimate of drug-likeness (QED) is 0.732. The van der Waals surface area contributed by atoms with Gasteiger partial charge in [0.25, 0.3) is 0 Å².